The van der Waals surface area contributed by atoms with Gasteiger partial charge in [0.2, 0.25) is 0 Å². The zero-order valence-corrected chi connectivity index (χ0v) is 15.9. The Hall–Kier alpha value is -1.24. The van der Waals surface area contributed by atoms with Crippen molar-refractivity contribution in [2.75, 3.05) is 20.2 Å². The van der Waals surface area contributed by atoms with E-state index in [1.807, 2.05) is 6.07 Å². The van der Waals surface area contributed by atoms with Gasteiger partial charge in [-0.2, -0.15) is 0 Å². The number of primary amides is 1. The molecule has 1 amide bonds. The average molecular weight is 384 g/mol. The number of fused-ring (bicyclic) bond motifs is 2. The number of hydrogen-bond donors (Lipinski definition) is 1. The van der Waals surface area contributed by atoms with E-state index < -0.39 is 17.7 Å². The average Bonchev–Trinajstić information content (AvgIpc) is 2.57. The molecule has 5 nitrogen and oxygen atoms in total. The summed E-state index contributed by atoms with van der Waals surface area (Å²) in [6.07, 6.45) is 5.72. The summed E-state index contributed by atoms with van der Waals surface area (Å²) >= 11 is 0. The van der Waals surface area contributed by atoms with Gasteiger partial charge in [0.15, 0.2) is 0 Å². The Morgan fingerprint density at radius 1 is 1.35 bits per heavy atom. The van der Waals surface area contributed by atoms with E-state index in [-0.39, 0.29) is 18.1 Å². The molecule has 1 unspecified atom stereocenters. The van der Waals surface area contributed by atoms with Gasteiger partial charge in [0.05, 0.1) is 0 Å². The number of amides is 1. The van der Waals surface area contributed by atoms with Crippen LogP contribution in [0.2, 0.25) is 0 Å². The highest BCUT2D eigenvalue weighted by Crippen LogP contribution is 2.52. The minimum atomic E-state index is -0.628. The summed E-state index contributed by atoms with van der Waals surface area (Å²) in [7, 11) is 1.77. The van der Waals surface area contributed by atoms with Crippen LogP contribution in [-0.2, 0) is 10.3 Å². The first-order valence-electron chi connectivity index (χ1n) is 9.24. The minimum absolute atomic E-state index is 0. The molecule has 3 fully saturated rings. The molecule has 2 bridgehead atoms. The van der Waals surface area contributed by atoms with Crippen molar-refractivity contribution in [2.45, 2.75) is 49.9 Å². The van der Waals surface area contributed by atoms with E-state index in [0.717, 1.165) is 31.5 Å². The van der Waals surface area contributed by atoms with Crippen LogP contribution in [-0.4, -0.2) is 48.2 Å². The summed E-state index contributed by atoms with van der Waals surface area (Å²) in [6.45, 7) is 1.85. The summed E-state index contributed by atoms with van der Waals surface area (Å²) in [5.74, 6) is 0.165. The number of carbonyl (C=O) groups excluding carboxylic acids is 1. The first-order valence-corrected chi connectivity index (χ1v) is 9.24. The Balaban J connectivity index is 0.00000196. The third kappa shape index (κ3) is 3.02. The molecule has 0 radical (unpaired) electrons. The monoisotopic (exact) mass is 383 g/mol. The molecule has 3 aliphatic rings. The molecule has 1 saturated heterocycles. The molecule has 7 heteroatoms. The number of rotatable bonds is 4. The van der Waals surface area contributed by atoms with Crippen LogP contribution in [0.4, 0.5) is 4.39 Å². The molecule has 144 valence electrons. The predicted molar refractivity (Wildman–Crippen MR) is 99.0 cm³/mol. The maximum absolute atomic E-state index is 13.3. The first kappa shape index (κ1) is 19.5. The largest absolute Gasteiger partial charge is 0.373 e. The van der Waals surface area contributed by atoms with Gasteiger partial charge in [-0.3, -0.25) is 14.7 Å². The van der Waals surface area contributed by atoms with Crippen molar-refractivity contribution in [1.82, 2.24) is 9.88 Å². The lowest BCUT2D eigenvalue weighted by molar-refractivity contribution is -0.180. The van der Waals surface area contributed by atoms with Gasteiger partial charge in [-0.15, -0.1) is 12.4 Å². The van der Waals surface area contributed by atoms with E-state index in [1.165, 1.54) is 6.42 Å². The van der Waals surface area contributed by atoms with Gasteiger partial charge in [0.1, 0.15) is 17.5 Å². The molecule has 26 heavy (non-hydrogen) atoms. The molecule has 2 N–H and O–H groups in total. The normalized spacial score (nSPS) is 36.7. The molecule has 2 aliphatic carbocycles. The van der Waals surface area contributed by atoms with Crippen molar-refractivity contribution in [2.24, 2.45) is 17.6 Å². The number of nitrogens with zero attached hydrogens (tertiary/aromatic N) is 2. The van der Waals surface area contributed by atoms with E-state index in [4.69, 9.17) is 10.5 Å². The first-order chi connectivity index (χ1) is 12.0. The molecule has 1 aromatic rings. The van der Waals surface area contributed by atoms with Gasteiger partial charge in [0, 0.05) is 44.3 Å². The van der Waals surface area contributed by atoms with Crippen LogP contribution in [0.1, 0.15) is 48.2 Å². The van der Waals surface area contributed by atoms with Crippen molar-refractivity contribution >= 4 is 18.3 Å². The number of piperidine rings is 1. The standard InChI is InChI=1S/C19H26FN3O2.ClH/c1-25-19(12-5-6-22-17(7-12)18(21)24)13-3-2-4-14(19)11-23(10-13)16-8-15(20)9-16;/h5-7,13-16H,2-4,8-11H2,1H3,(H2,21,24);1H/t13-,14+,15?,16?,19?;. The fraction of sp³-hybridized carbons (Fsp3) is 0.684. The molecule has 0 aromatic carbocycles. The Morgan fingerprint density at radius 2 is 2.00 bits per heavy atom. The quantitative estimate of drug-likeness (QED) is 0.867. The summed E-state index contributed by atoms with van der Waals surface area (Å²) in [4.78, 5) is 18.1. The van der Waals surface area contributed by atoms with Gasteiger partial charge in [-0.05, 0) is 43.4 Å². The van der Waals surface area contributed by atoms with Crippen LogP contribution in [0.5, 0.6) is 0 Å². The van der Waals surface area contributed by atoms with Gasteiger partial charge in [-0.1, -0.05) is 6.42 Å². The second kappa shape index (κ2) is 7.41. The van der Waals surface area contributed by atoms with Crippen molar-refractivity contribution in [3.8, 4) is 0 Å². The molecular formula is C19H27ClFN3O2. The van der Waals surface area contributed by atoms with Crippen molar-refractivity contribution < 1.29 is 13.9 Å². The summed E-state index contributed by atoms with van der Waals surface area (Å²) in [5.41, 5.74) is 6.32. The van der Waals surface area contributed by atoms with Crippen LogP contribution >= 0.6 is 12.4 Å². The lowest BCUT2D eigenvalue weighted by atomic mass is 9.62. The van der Waals surface area contributed by atoms with Crippen LogP contribution in [0, 0.1) is 11.8 Å². The molecule has 2 heterocycles. The van der Waals surface area contributed by atoms with Gasteiger partial charge >= 0.3 is 0 Å². The number of alkyl halides is 1. The number of carbonyl (C=O) groups is 1. The van der Waals surface area contributed by atoms with Gasteiger partial charge < -0.3 is 10.5 Å². The molecule has 0 spiro atoms. The van der Waals surface area contributed by atoms with E-state index >= 15 is 0 Å². The number of ether oxygens (including phenoxy) is 1. The molecule has 2 saturated carbocycles. The number of methoxy groups -OCH3 is 1. The summed E-state index contributed by atoms with van der Waals surface area (Å²) in [6, 6.07) is 4.14. The Morgan fingerprint density at radius 3 is 2.54 bits per heavy atom. The van der Waals surface area contributed by atoms with E-state index in [2.05, 4.69) is 9.88 Å². The third-order valence-corrected chi connectivity index (χ3v) is 6.60. The SMILES string of the molecule is COC1(c2ccnc(C(N)=O)c2)[C@@H]2CCC[C@H]1CN(C1CC(F)C1)C2.Cl. The Kier molecular flexibility index (Phi) is 5.56. The number of likely N-dealkylation sites (tertiary alicyclic amines) is 1. The van der Waals surface area contributed by atoms with Crippen LogP contribution in [0.3, 0.4) is 0 Å². The number of aromatic nitrogens is 1. The molecule has 3 atom stereocenters. The van der Waals surface area contributed by atoms with E-state index in [0.29, 0.717) is 30.7 Å². The summed E-state index contributed by atoms with van der Waals surface area (Å²) < 4.78 is 19.5. The lowest BCUT2D eigenvalue weighted by Gasteiger charge is -2.57. The van der Waals surface area contributed by atoms with E-state index in [1.54, 1.807) is 19.4 Å². The zero-order chi connectivity index (χ0) is 17.6. The smallest absolute Gasteiger partial charge is 0.267 e. The number of nitrogens with two attached hydrogens (primary N) is 1. The predicted octanol–water partition coefficient (Wildman–Crippen LogP) is 2.68. The van der Waals surface area contributed by atoms with E-state index in [9.17, 15) is 9.18 Å². The maximum atomic E-state index is 13.3. The highest BCUT2D eigenvalue weighted by Gasteiger charge is 2.54. The van der Waals surface area contributed by atoms with Crippen molar-refractivity contribution in [1.29, 1.82) is 0 Å². The topological polar surface area (TPSA) is 68.5 Å². The second-order valence-electron chi connectivity index (χ2n) is 7.79. The molecule has 4 rings (SSSR count). The zero-order valence-electron chi connectivity index (χ0n) is 15.1. The lowest BCUT2D eigenvalue weighted by Crippen LogP contribution is -2.62. The van der Waals surface area contributed by atoms with Crippen molar-refractivity contribution in [3.05, 3.63) is 29.6 Å². The highest BCUT2D eigenvalue weighted by molar-refractivity contribution is 5.90. The maximum Gasteiger partial charge on any atom is 0.267 e. The number of pyridine rings is 1. The van der Waals surface area contributed by atoms with Crippen LogP contribution in [0.15, 0.2) is 18.3 Å². The second-order valence-corrected chi connectivity index (χ2v) is 7.79. The Labute approximate surface area is 159 Å². The van der Waals surface area contributed by atoms with Crippen molar-refractivity contribution in [3.63, 3.8) is 0 Å². The molecular weight excluding hydrogens is 357 g/mol. The molecule has 1 aromatic heterocycles. The fourth-order valence-corrected chi connectivity index (χ4v) is 5.32. The summed E-state index contributed by atoms with van der Waals surface area (Å²) in [5, 5.41) is 0. The highest BCUT2D eigenvalue weighted by atomic mass is 35.5. The molecule has 1 aliphatic heterocycles. The third-order valence-electron chi connectivity index (χ3n) is 6.60. The Bertz CT molecular complexity index is 654. The number of hydrogen-bond acceptors (Lipinski definition) is 4. The number of halogens is 2. The van der Waals surface area contributed by atoms with Crippen LogP contribution in [0.25, 0.3) is 0 Å². The minimum Gasteiger partial charge on any atom is -0.373 e. The van der Waals surface area contributed by atoms with Gasteiger partial charge in [-0.25, -0.2) is 4.39 Å². The van der Waals surface area contributed by atoms with Gasteiger partial charge in [0.25, 0.3) is 5.91 Å². The fourth-order valence-electron chi connectivity index (χ4n) is 5.32. The van der Waals surface area contributed by atoms with Crippen LogP contribution < -0.4 is 5.73 Å².